The molecule has 0 radical (unpaired) electrons. The van der Waals surface area contributed by atoms with Crippen molar-refractivity contribution in [3.63, 3.8) is 0 Å². The number of benzene rings is 1. The summed E-state index contributed by atoms with van der Waals surface area (Å²) in [6.07, 6.45) is 1.62. The second kappa shape index (κ2) is 6.54. The third-order valence-electron chi connectivity index (χ3n) is 2.34. The molecule has 0 spiro atoms. The largest absolute Gasteiger partial charge is 0.468 e. The summed E-state index contributed by atoms with van der Waals surface area (Å²) in [7, 11) is 0. The fraction of sp³-hybridized carbons (Fsp3) is 0.154. The molecule has 6 heteroatoms. The number of anilines is 2. The number of nitrogen functional groups attached to an aromatic ring is 1. The summed E-state index contributed by atoms with van der Waals surface area (Å²) >= 11 is 7.29. The van der Waals surface area contributed by atoms with Crippen molar-refractivity contribution in [3.8, 4) is 0 Å². The molecule has 2 rings (SSSR count). The summed E-state index contributed by atoms with van der Waals surface area (Å²) in [6, 6.07) is 8.71. The van der Waals surface area contributed by atoms with Crippen molar-refractivity contribution in [3.05, 3.63) is 47.4 Å². The first-order chi connectivity index (χ1) is 9.15. The average Bonchev–Trinajstić information content (AvgIpc) is 2.87. The number of hydrogen-bond donors (Lipinski definition) is 2. The summed E-state index contributed by atoms with van der Waals surface area (Å²) in [4.78, 5) is 11.7. The van der Waals surface area contributed by atoms with Crippen LogP contribution in [0.5, 0.6) is 0 Å². The van der Waals surface area contributed by atoms with Gasteiger partial charge in [-0.15, -0.1) is 11.8 Å². The summed E-state index contributed by atoms with van der Waals surface area (Å²) in [5.74, 6) is 1.79. The van der Waals surface area contributed by atoms with Gasteiger partial charge in [-0.1, -0.05) is 11.6 Å². The Morgan fingerprint density at radius 1 is 1.42 bits per heavy atom. The Balaban J connectivity index is 1.79. The molecule has 0 saturated heterocycles. The molecule has 0 fully saturated rings. The number of nitrogens with two attached hydrogens (primary N) is 1. The number of carbonyl (C=O) groups is 1. The van der Waals surface area contributed by atoms with E-state index in [1.165, 1.54) is 11.8 Å². The third kappa shape index (κ3) is 4.22. The molecule has 0 unspecified atom stereocenters. The van der Waals surface area contributed by atoms with Gasteiger partial charge < -0.3 is 15.5 Å². The Bertz CT molecular complexity index is 558. The topological polar surface area (TPSA) is 68.3 Å². The van der Waals surface area contributed by atoms with Crippen LogP contribution in [0, 0.1) is 0 Å². The number of furan rings is 1. The minimum atomic E-state index is -0.0849. The van der Waals surface area contributed by atoms with Crippen LogP contribution in [0.15, 0.2) is 41.0 Å². The van der Waals surface area contributed by atoms with Gasteiger partial charge in [0.05, 0.1) is 28.5 Å². The first kappa shape index (κ1) is 13.8. The van der Waals surface area contributed by atoms with E-state index in [4.69, 9.17) is 21.8 Å². The van der Waals surface area contributed by atoms with Crippen molar-refractivity contribution in [2.75, 3.05) is 16.8 Å². The molecule has 2 aromatic rings. The lowest BCUT2D eigenvalue weighted by molar-refractivity contribution is -0.113. The Morgan fingerprint density at radius 2 is 2.26 bits per heavy atom. The average molecular weight is 297 g/mol. The molecular formula is C13H13ClN2O2S. The van der Waals surface area contributed by atoms with Gasteiger partial charge >= 0.3 is 0 Å². The van der Waals surface area contributed by atoms with Crippen molar-refractivity contribution in [1.29, 1.82) is 0 Å². The van der Waals surface area contributed by atoms with Gasteiger partial charge in [0.25, 0.3) is 0 Å². The number of halogens is 1. The number of amides is 1. The van der Waals surface area contributed by atoms with E-state index < -0.39 is 0 Å². The van der Waals surface area contributed by atoms with Gasteiger partial charge in [0, 0.05) is 5.69 Å². The lowest BCUT2D eigenvalue weighted by Crippen LogP contribution is -2.14. The van der Waals surface area contributed by atoms with Crippen LogP contribution in [0.3, 0.4) is 0 Å². The van der Waals surface area contributed by atoms with Gasteiger partial charge in [-0.25, -0.2) is 0 Å². The highest BCUT2D eigenvalue weighted by atomic mass is 35.5. The molecule has 0 aliphatic carbocycles. The minimum absolute atomic E-state index is 0.0849. The van der Waals surface area contributed by atoms with E-state index in [0.717, 1.165) is 5.76 Å². The van der Waals surface area contributed by atoms with E-state index in [9.17, 15) is 4.79 Å². The summed E-state index contributed by atoms with van der Waals surface area (Å²) in [6.45, 7) is 0. The van der Waals surface area contributed by atoms with Crippen LogP contribution in [0.25, 0.3) is 0 Å². The third-order valence-corrected chi connectivity index (χ3v) is 3.64. The van der Waals surface area contributed by atoms with Crippen LogP contribution >= 0.6 is 23.4 Å². The smallest absolute Gasteiger partial charge is 0.234 e. The van der Waals surface area contributed by atoms with Crippen LogP contribution in [0.4, 0.5) is 11.4 Å². The first-order valence-corrected chi connectivity index (χ1v) is 7.13. The molecule has 1 heterocycles. The monoisotopic (exact) mass is 296 g/mol. The van der Waals surface area contributed by atoms with E-state index in [1.54, 1.807) is 24.5 Å². The molecule has 0 aliphatic heterocycles. The molecule has 3 N–H and O–H groups in total. The summed E-state index contributed by atoms with van der Waals surface area (Å²) in [5.41, 5.74) is 6.75. The van der Waals surface area contributed by atoms with Crippen LogP contribution in [0.2, 0.25) is 5.02 Å². The van der Waals surface area contributed by atoms with E-state index in [0.29, 0.717) is 27.9 Å². The van der Waals surface area contributed by atoms with Gasteiger partial charge in [0.15, 0.2) is 0 Å². The minimum Gasteiger partial charge on any atom is -0.468 e. The molecule has 0 saturated carbocycles. The molecule has 0 aliphatic rings. The maximum absolute atomic E-state index is 11.7. The number of nitrogens with one attached hydrogen (secondary N) is 1. The van der Waals surface area contributed by atoms with Crippen LogP contribution in [0.1, 0.15) is 5.76 Å². The van der Waals surface area contributed by atoms with Crippen molar-refractivity contribution >= 4 is 40.6 Å². The Hall–Kier alpha value is -1.59. The highest BCUT2D eigenvalue weighted by molar-refractivity contribution is 7.99. The molecule has 4 nitrogen and oxygen atoms in total. The van der Waals surface area contributed by atoms with E-state index in [-0.39, 0.29) is 5.91 Å². The lowest BCUT2D eigenvalue weighted by Gasteiger charge is -2.06. The highest BCUT2D eigenvalue weighted by Gasteiger charge is 2.05. The second-order valence-electron chi connectivity index (χ2n) is 3.86. The standard InChI is InChI=1S/C13H13ClN2O2S/c14-11-4-3-9(6-12(11)15)16-13(17)8-19-7-10-2-1-5-18-10/h1-6H,7-8,15H2,(H,16,17). The number of rotatable bonds is 5. The molecule has 0 atom stereocenters. The second-order valence-corrected chi connectivity index (χ2v) is 5.25. The van der Waals surface area contributed by atoms with Gasteiger partial charge in [-0.3, -0.25) is 4.79 Å². The van der Waals surface area contributed by atoms with Crippen LogP contribution in [-0.4, -0.2) is 11.7 Å². The van der Waals surface area contributed by atoms with Gasteiger partial charge in [-0.2, -0.15) is 0 Å². The zero-order valence-electron chi connectivity index (χ0n) is 10.1. The van der Waals surface area contributed by atoms with Gasteiger partial charge in [-0.05, 0) is 30.3 Å². The predicted octanol–water partition coefficient (Wildman–Crippen LogP) is 3.39. The first-order valence-electron chi connectivity index (χ1n) is 5.60. The number of thioether (sulfide) groups is 1. The molecular weight excluding hydrogens is 284 g/mol. The van der Waals surface area contributed by atoms with Gasteiger partial charge in [0.1, 0.15) is 5.76 Å². The maximum atomic E-state index is 11.7. The number of carbonyl (C=O) groups excluding carboxylic acids is 1. The normalized spacial score (nSPS) is 10.4. The van der Waals surface area contributed by atoms with Crippen LogP contribution < -0.4 is 11.1 Å². The van der Waals surface area contributed by atoms with Gasteiger partial charge in [0.2, 0.25) is 5.91 Å². The SMILES string of the molecule is Nc1cc(NC(=O)CSCc2ccco2)ccc1Cl. The zero-order chi connectivity index (χ0) is 13.7. The Morgan fingerprint density at radius 3 is 2.95 bits per heavy atom. The van der Waals surface area contributed by atoms with E-state index >= 15 is 0 Å². The molecule has 0 bridgehead atoms. The quantitative estimate of drug-likeness (QED) is 0.830. The molecule has 1 aromatic heterocycles. The summed E-state index contributed by atoms with van der Waals surface area (Å²) < 4.78 is 5.18. The highest BCUT2D eigenvalue weighted by Crippen LogP contribution is 2.22. The molecule has 1 amide bonds. The van der Waals surface area contributed by atoms with Crippen molar-refractivity contribution < 1.29 is 9.21 Å². The predicted molar refractivity (Wildman–Crippen MR) is 79.4 cm³/mol. The molecule has 1 aromatic carbocycles. The maximum Gasteiger partial charge on any atom is 0.234 e. The summed E-state index contributed by atoms with van der Waals surface area (Å²) in [5, 5.41) is 3.24. The Kier molecular flexibility index (Phi) is 4.76. The van der Waals surface area contributed by atoms with Crippen molar-refractivity contribution in [1.82, 2.24) is 0 Å². The van der Waals surface area contributed by atoms with E-state index in [1.807, 2.05) is 12.1 Å². The number of hydrogen-bond acceptors (Lipinski definition) is 4. The van der Waals surface area contributed by atoms with E-state index in [2.05, 4.69) is 5.32 Å². The Labute approximate surface area is 120 Å². The van der Waals surface area contributed by atoms with Crippen molar-refractivity contribution in [2.24, 2.45) is 0 Å². The molecule has 100 valence electrons. The zero-order valence-corrected chi connectivity index (χ0v) is 11.6. The lowest BCUT2D eigenvalue weighted by atomic mass is 10.3. The fourth-order valence-electron chi connectivity index (χ4n) is 1.46. The van der Waals surface area contributed by atoms with Crippen LogP contribution in [-0.2, 0) is 10.5 Å². The fourth-order valence-corrected chi connectivity index (χ4v) is 2.30. The molecule has 19 heavy (non-hydrogen) atoms. The van der Waals surface area contributed by atoms with Crippen molar-refractivity contribution in [2.45, 2.75) is 5.75 Å².